The van der Waals surface area contributed by atoms with E-state index in [4.69, 9.17) is 9.47 Å². The number of hydrogen-bond donors (Lipinski definition) is 0. The van der Waals surface area contributed by atoms with Crippen molar-refractivity contribution in [3.63, 3.8) is 0 Å². The second-order valence-corrected chi connectivity index (χ2v) is 6.94. The number of carbonyl (C=O) groups excluding carboxylic acids is 1. The number of ether oxygens (including phenoxy) is 2. The minimum atomic E-state index is -0.224. The van der Waals surface area contributed by atoms with Crippen LogP contribution in [0.5, 0.6) is 5.75 Å². The molecule has 28 heavy (non-hydrogen) atoms. The normalized spacial score (nSPS) is 12.2. The molecule has 1 atom stereocenters. The maximum atomic E-state index is 10.9. The summed E-state index contributed by atoms with van der Waals surface area (Å²) in [7, 11) is 0. The van der Waals surface area contributed by atoms with E-state index < -0.39 is 0 Å². The average Bonchev–Trinajstić information content (AvgIpc) is 2.70. The number of esters is 1. The quantitative estimate of drug-likeness (QED) is 0.443. The average molecular weight is 374 g/mol. The molecule has 3 nitrogen and oxygen atoms in total. The van der Waals surface area contributed by atoms with Crippen LogP contribution in [0.15, 0.2) is 72.8 Å². The van der Waals surface area contributed by atoms with Gasteiger partial charge in [-0.1, -0.05) is 60.7 Å². The van der Waals surface area contributed by atoms with Gasteiger partial charge in [0, 0.05) is 6.92 Å². The Morgan fingerprint density at radius 1 is 1.00 bits per heavy atom. The van der Waals surface area contributed by atoms with E-state index in [1.165, 1.54) is 12.3 Å². The van der Waals surface area contributed by atoms with Crippen LogP contribution in [0, 0.1) is 0 Å². The maximum absolute atomic E-state index is 10.9. The summed E-state index contributed by atoms with van der Waals surface area (Å²) in [5.74, 6) is 0.650. The van der Waals surface area contributed by atoms with Crippen molar-refractivity contribution in [2.45, 2.75) is 39.4 Å². The molecule has 0 amide bonds. The van der Waals surface area contributed by atoms with E-state index >= 15 is 0 Å². The summed E-state index contributed by atoms with van der Waals surface area (Å²) in [4.78, 5) is 10.9. The molecule has 3 rings (SSSR count). The lowest BCUT2D eigenvalue weighted by atomic mass is 10.1. The number of rotatable bonds is 8. The fourth-order valence-corrected chi connectivity index (χ4v) is 3.07. The molecule has 0 saturated heterocycles. The summed E-state index contributed by atoms with van der Waals surface area (Å²) < 4.78 is 11.0. The van der Waals surface area contributed by atoms with E-state index in [1.807, 2.05) is 31.2 Å². The molecule has 0 radical (unpaired) electrons. The van der Waals surface area contributed by atoms with E-state index in [9.17, 15) is 4.79 Å². The molecule has 0 bridgehead atoms. The highest BCUT2D eigenvalue weighted by Gasteiger charge is 2.03. The molecule has 0 aliphatic heterocycles. The molecule has 1 unspecified atom stereocenters. The molecule has 144 valence electrons. The molecule has 3 heteroatoms. The lowest BCUT2D eigenvalue weighted by molar-refractivity contribution is -0.145. The molecule has 0 aliphatic rings. The molecule has 0 saturated carbocycles. The van der Waals surface area contributed by atoms with Gasteiger partial charge in [-0.25, -0.2) is 0 Å². The Hall–Kier alpha value is -3.07. The number of benzene rings is 3. The van der Waals surface area contributed by atoms with Crippen molar-refractivity contribution in [1.82, 2.24) is 0 Å². The molecule has 0 aliphatic carbocycles. The van der Waals surface area contributed by atoms with Crippen molar-refractivity contribution in [2.75, 3.05) is 0 Å². The highest BCUT2D eigenvalue weighted by atomic mass is 16.5. The highest BCUT2D eigenvalue weighted by Crippen LogP contribution is 2.23. The van der Waals surface area contributed by atoms with Crippen molar-refractivity contribution in [2.24, 2.45) is 0 Å². The van der Waals surface area contributed by atoms with E-state index in [0.717, 1.165) is 35.1 Å². The third kappa shape index (κ3) is 5.98. The van der Waals surface area contributed by atoms with Crippen LogP contribution in [0.3, 0.4) is 0 Å². The highest BCUT2D eigenvalue weighted by molar-refractivity contribution is 5.86. The molecule has 3 aromatic carbocycles. The van der Waals surface area contributed by atoms with E-state index in [2.05, 4.69) is 54.6 Å². The number of allylic oxidation sites excluding steroid dienone is 1. The molecule has 0 spiro atoms. The van der Waals surface area contributed by atoms with Gasteiger partial charge in [-0.05, 0) is 59.9 Å². The van der Waals surface area contributed by atoms with Crippen molar-refractivity contribution in [3.05, 3.63) is 83.9 Å². The second-order valence-electron chi connectivity index (χ2n) is 6.94. The van der Waals surface area contributed by atoms with Gasteiger partial charge in [-0.2, -0.15) is 0 Å². The van der Waals surface area contributed by atoms with Crippen molar-refractivity contribution in [1.29, 1.82) is 0 Å². The van der Waals surface area contributed by atoms with Gasteiger partial charge in [-0.15, -0.1) is 0 Å². The van der Waals surface area contributed by atoms with Crippen LogP contribution < -0.4 is 4.74 Å². The number of fused-ring (bicyclic) bond motifs is 1. The zero-order valence-electron chi connectivity index (χ0n) is 16.4. The summed E-state index contributed by atoms with van der Waals surface area (Å²) in [5.41, 5.74) is 2.32. The fourth-order valence-electron chi connectivity index (χ4n) is 3.07. The first-order valence-corrected chi connectivity index (χ1v) is 9.64. The van der Waals surface area contributed by atoms with Crippen molar-refractivity contribution in [3.8, 4) is 5.75 Å². The van der Waals surface area contributed by atoms with E-state index in [-0.39, 0.29) is 12.1 Å². The van der Waals surface area contributed by atoms with Gasteiger partial charge in [0.1, 0.15) is 12.4 Å². The molecule has 0 N–H and O–H groups in total. The standard InChI is InChI=1S/C25H26O3/c1-19(28-20(2)26)8-6-7-9-21-12-13-24-17-25(15-14-23(24)16-21)27-18-22-10-4-3-5-11-22/h3-5,7,9-17,19H,6,8,18H2,1-2H3. The maximum Gasteiger partial charge on any atom is 0.302 e. The monoisotopic (exact) mass is 374 g/mol. The van der Waals surface area contributed by atoms with Crippen LogP contribution >= 0.6 is 0 Å². The van der Waals surface area contributed by atoms with Gasteiger partial charge < -0.3 is 9.47 Å². The first-order chi connectivity index (χ1) is 13.6. The SMILES string of the molecule is CC(=O)OC(C)CCC=Cc1ccc2cc(OCc3ccccc3)ccc2c1. The third-order valence-electron chi connectivity index (χ3n) is 4.50. The predicted molar refractivity (Wildman–Crippen MR) is 114 cm³/mol. The van der Waals surface area contributed by atoms with Gasteiger partial charge in [0.05, 0.1) is 6.10 Å². The Balaban J connectivity index is 1.58. The van der Waals surface area contributed by atoms with Crippen LogP contribution in [0.2, 0.25) is 0 Å². The van der Waals surface area contributed by atoms with E-state index in [1.54, 1.807) is 0 Å². The van der Waals surface area contributed by atoms with Crippen molar-refractivity contribution >= 4 is 22.8 Å². The minimum absolute atomic E-state index is 0.0481. The topological polar surface area (TPSA) is 35.5 Å². The zero-order valence-corrected chi connectivity index (χ0v) is 16.4. The Labute approximate surface area is 166 Å². The lowest BCUT2D eigenvalue weighted by Crippen LogP contribution is -2.11. The first kappa shape index (κ1) is 19.7. The summed E-state index contributed by atoms with van der Waals surface area (Å²) in [6, 6.07) is 22.7. The smallest absolute Gasteiger partial charge is 0.302 e. The molecular weight excluding hydrogens is 348 g/mol. The predicted octanol–water partition coefficient (Wildman–Crippen LogP) is 6.16. The van der Waals surface area contributed by atoms with Crippen LogP contribution in [-0.4, -0.2) is 12.1 Å². The van der Waals surface area contributed by atoms with Crippen molar-refractivity contribution < 1.29 is 14.3 Å². The van der Waals surface area contributed by atoms with Gasteiger partial charge in [-0.3, -0.25) is 4.79 Å². The molecule has 0 fully saturated rings. The Morgan fingerprint density at radius 3 is 2.54 bits per heavy atom. The number of hydrogen-bond acceptors (Lipinski definition) is 3. The van der Waals surface area contributed by atoms with Gasteiger partial charge in [0.15, 0.2) is 0 Å². The third-order valence-corrected chi connectivity index (χ3v) is 4.50. The Kier molecular flexibility index (Phi) is 6.85. The number of carbonyl (C=O) groups is 1. The van der Waals surface area contributed by atoms with E-state index in [0.29, 0.717) is 6.61 Å². The molecule has 3 aromatic rings. The summed E-state index contributed by atoms with van der Waals surface area (Å²) >= 11 is 0. The molecule has 0 aromatic heterocycles. The lowest BCUT2D eigenvalue weighted by Gasteiger charge is -2.09. The summed E-state index contributed by atoms with van der Waals surface area (Å²) in [6.45, 7) is 3.93. The van der Waals surface area contributed by atoms with Gasteiger partial charge in [0.25, 0.3) is 0 Å². The Morgan fingerprint density at radius 2 is 1.75 bits per heavy atom. The molecular formula is C25H26O3. The summed E-state index contributed by atoms with van der Waals surface area (Å²) in [5, 5.41) is 2.34. The van der Waals surface area contributed by atoms with Crippen LogP contribution in [0.25, 0.3) is 16.8 Å². The van der Waals surface area contributed by atoms with Gasteiger partial charge in [0.2, 0.25) is 0 Å². The Bertz CT molecular complexity index is 944. The molecule has 0 heterocycles. The van der Waals surface area contributed by atoms with Gasteiger partial charge >= 0.3 is 5.97 Å². The van der Waals surface area contributed by atoms with Crippen LogP contribution in [0.1, 0.15) is 37.8 Å². The van der Waals surface area contributed by atoms with Crippen LogP contribution in [0.4, 0.5) is 0 Å². The minimum Gasteiger partial charge on any atom is -0.489 e. The zero-order chi connectivity index (χ0) is 19.8. The second kappa shape index (κ2) is 9.75. The van der Waals surface area contributed by atoms with Crippen LogP contribution in [-0.2, 0) is 16.1 Å². The largest absolute Gasteiger partial charge is 0.489 e. The fraction of sp³-hybridized carbons (Fsp3) is 0.240. The summed E-state index contributed by atoms with van der Waals surface area (Å²) in [6.07, 6.45) is 5.89. The first-order valence-electron chi connectivity index (χ1n) is 9.64.